The molecule has 27 heavy (non-hydrogen) atoms. The number of carbonyl (C=O) groups excluding carboxylic acids is 3. The third-order valence-corrected chi connectivity index (χ3v) is 3.62. The van der Waals surface area contributed by atoms with Crippen LogP contribution in [0.2, 0.25) is 0 Å². The molecule has 0 aliphatic carbocycles. The molecule has 2 aromatic rings. The lowest BCUT2D eigenvalue weighted by Crippen LogP contribution is -2.28. The SMILES string of the molecule is CC(=O)NCc1ccc(C(=O)COC(=O)[C@@H](C)Oc2ccc(F)cc2)cc1. The molecule has 7 heteroatoms. The predicted molar refractivity (Wildman–Crippen MR) is 95.7 cm³/mol. The van der Waals surface area contributed by atoms with Crippen LogP contribution in [0.3, 0.4) is 0 Å². The smallest absolute Gasteiger partial charge is 0.347 e. The minimum Gasteiger partial charge on any atom is -0.479 e. The zero-order chi connectivity index (χ0) is 19.8. The van der Waals surface area contributed by atoms with Crippen molar-refractivity contribution in [1.29, 1.82) is 0 Å². The lowest BCUT2D eigenvalue weighted by molar-refractivity contribution is -0.149. The van der Waals surface area contributed by atoms with Gasteiger partial charge in [0.05, 0.1) is 0 Å². The number of nitrogens with one attached hydrogen (secondary N) is 1. The van der Waals surface area contributed by atoms with Crippen LogP contribution in [0, 0.1) is 5.82 Å². The monoisotopic (exact) mass is 373 g/mol. The molecule has 0 aromatic heterocycles. The molecule has 0 saturated carbocycles. The van der Waals surface area contributed by atoms with E-state index < -0.39 is 24.5 Å². The van der Waals surface area contributed by atoms with Gasteiger partial charge in [-0.05, 0) is 36.8 Å². The van der Waals surface area contributed by atoms with Crippen molar-refractivity contribution in [2.75, 3.05) is 6.61 Å². The maximum absolute atomic E-state index is 12.9. The molecule has 0 fully saturated rings. The highest BCUT2D eigenvalue weighted by atomic mass is 19.1. The van der Waals surface area contributed by atoms with Crippen LogP contribution in [0.25, 0.3) is 0 Å². The Bertz CT molecular complexity index is 802. The Balaban J connectivity index is 1.82. The number of amides is 1. The number of hydrogen-bond donors (Lipinski definition) is 1. The summed E-state index contributed by atoms with van der Waals surface area (Å²) in [5.74, 6) is -1.29. The number of hydrogen-bond acceptors (Lipinski definition) is 5. The Labute approximate surface area is 156 Å². The van der Waals surface area contributed by atoms with Crippen molar-refractivity contribution in [3.8, 4) is 5.75 Å². The number of Topliss-reactive ketones (excluding diaryl/α,β-unsaturated/α-hetero) is 1. The van der Waals surface area contributed by atoms with Gasteiger partial charge in [-0.25, -0.2) is 9.18 Å². The first-order valence-electron chi connectivity index (χ1n) is 8.30. The van der Waals surface area contributed by atoms with E-state index in [0.29, 0.717) is 17.9 Å². The minimum absolute atomic E-state index is 0.140. The van der Waals surface area contributed by atoms with E-state index in [-0.39, 0.29) is 11.7 Å². The first-order valence-corrected chi connectivity index (χ1v) is 8.30. The van der Waals surface area contributed by atoms with Crippen molar-refractivity contribution in [2.45, 2.75) is 26.5 Å². The standard InChI is InChI=1S/C20H20FNO5/c1-13(27-18-9-7-17(21)8-10-18)20(25)26-12-19(24)16-5-3-15(4-6-16)11-22-14(2)23/h3-10,13H,11-12H2,1-2H3,(H,22,23)/t13-/m1/s1. The van der Waals surface area contributed by atoms with E-state index in [4.69, 9.17) is 9.47 Å². The second-order valence-electron chi connectivity index (χ2n) is 5.85. The van der Waals surface area contributed by atoms with E-state index in [1.165, 1.54) is 38.1 Å². The van der Waals surface area contributed by atoms with Gasteiger partial charge in [-0.3, -0.25) is 9.59 Å². The van der Waals surface area contributed by atoms with Crippen LogP contribution in [-0.4, -0.2) is 30.4 Å². The van der Waals surface area contributed by atoms with Gasteiger partial charge in [-0.1, -0.05) is 24.3 Å². The summed E-state index contributed by atoms with van der Waals surface area (Å²) in [6.45, 7) is 2.86. The molecule has 0 bridgehead atoms. The lowest BCUT2D eigenvalue weighted by Gasteiger charge is -2.13. The van der Waals surface area contributed by atoms with Crippen LogP contribution in [-0.2, 0) is 20.9 Å². The molecule has 2 aromatic carbocycles. The van der Waals surface area contributed by atoms with Crippen molar-refractivity contribution in [3.63, 3.8) is 0 Å². The van der Waals surface area contributed by atoms with E-state index >= 15 is 0 Å². The van der Waals surface area contributed by atoms with Gasteiger partial charge in [0.1, 0.15) is 11.6 Å². The number of rotatable bonds is 8. The highest BCUT2D eigenvalue weighted by molar-refractivity contribution is 5.98. The number of halogens is 1. The molecule has 1 N–H and O–H groups in total. The zero-order valence-electron chi connectivity index (χ0n) is 15.0. The fraction of sp³-hybridized carbons (Fsp3) is 0.250. The van der Waals surface area contributed by atoms with E-state index in [1.54, 1.807) is 24.3 Å². The van der Waals surface area contributed by atoms with Gasteiger partial charge in [0.15, 0.2) is 18.5 Å². The van der Waals surface area contributed by atoms with Gasteiger partial charge >= 0.3 is 5.97 Å². The molecule has 1 amide bonds. The highest BCUT2D eigenvalue weighted by Crippen LogP contribution is 2.13. The molecule has 1 atom stereocenters. The molecule has 0 aliphatic heterocycles. The van der Waals surface area contributed by atoms with Crippen LogP contribution in [0.4, 0.5) is 4.39 Å². The van der Waals surface area contributed by atoms with Crippen molar-refractivity contribution in [2.24, 2.45) is 0 Å². The van der Waals surface area contributed by atoms with E-state index in [1.807, 2.05) is 0 Å². The van der Waals surface area contributed by atoms with Crippen LogP contribution in [0.5, 0.6) is 5.75 Å². The largest absolute Gasteiger partial charge is 0.479 e. The van der Waals surface area contributed by atoms with Gasteiger partial charge in [-0.2, -0.15) is 0 Å². The Kier molecular flexibility index (Phi) is 7.05. The van der Waals surface area contributed by atoms with E-state index in [0.717, 1.165) is 5.56 Å². The summed E-state index contributed by atoms with van der Waals surface area (Å²) < 4.78 is 23.2. The first kappa shape index (κ1) is 20.1. The van der Waals surface area contributed by atoms with Gasteiger partial charge in [0, 0.05) is 19.0 Å². The first-order chi connectivity index (χ1) is 12.8. The quantitative estimate of drug-likeness (QED) is 0.568. The number of esters is 1. The maximum atomic E-state index is 12.9. The van der Waals surface area contributed by atoms with Crippen LogP contribution in [0.1, 0.15) is 29.8 Å². The molecule has 2 rings (SSSR count). The van der Waals surface area contributed by atoms with Crippen LogP contribution in [0.15, 0.2) is 48.5 Å². The molecular formula is C20H20FNO5. The molecule has 0 aliphatic rings. The second-order valence-corrected chi connectivity index (χ2v) is 5.85. The van der Waals surface area contributed by atoms with Gasteiger partial charge < -0.3 is 14.8 Å². The average molecular weight is 373 g/mol. The molecule has 0 heterocycles. The van der Waals surface area contributed by atoms with Crippen molar-refractivity contribution >= 4 is 17.7 Å². The van der Waals surface area contributed by atoms with Crippen LogP contribution < -0.4 is 10.1 Å². The summed E-state index contributed by atoms with van der Waals surface area (Å²) in [6.07, 6.45) is -0.941. The Hall–Kier alpha value is -3.22. The Morgan fingerprint density at radius 2 is 1.67 bits per heavy atom. The van der Waals surface area contributed by atoms with Gasteiger partial charge in [-0.15, -0.1) is 0 Å². The van der Waals surface area contributed by atoms with Crippen LogP contribution >= 0.6 is 0 Å². The lowest BCUT2D eigenvalue weighted by atomic mass is 10.1. The normalized spacial score (nSPS) is 11.4. The molecule has 0 unspecified atom stereocenters. The second kappa shape index (κ2) is 9.47. The average Bonchev–Trinajstić information content (AvgIpc) is 2.66. The molecule has 0 radical (unpaired) electrons. The van der Waals surface area contributed by atoms with Gasteiger partial charge in [0.25, 0.3) is 0 Å². The maximum Gasteiger partial charge on any atom is 0.347 e. The minimum atomic E-state index is -0.941. The van der Waals surface area contributed by atoms with Crippen molar-refractivity contribution in [3.05, 3.63) is 65.5 Å². The highest BCUT2D eigenvalue weighted by Gasteiger charge is 2.18. The summed E-state index contributed by atoms with van der Waals surface area (Å²) >= 11 is 0. The molecule has 0 saturated heterocycles. The Morgan fingerprint density at radius 1 is 1.04 bits per heavy atom. The summed E-state index contributed by atoms with van der Waals surface area (Å²) in [6, 6.07) is 11.9. The van der Waals surface area contributed by atoms with Crippen molar-refractivity contribution < 1.29 is 28.2 Å². The predicted octanol–water partition coefficient (Wildman–Crippen LogP) is 2.66. The number of benzene rings is 2. The molecule has 6 nitrogen and oxygen atoms in total. The zero-order valence-corrected chi connectivity index (χ0v) is 15.0. The fourth-order valence-electron chi connectivity index (χ4n) is 2.14. The fourth-order valence-corrected chi connectivity index (χ4v) is 2.14. The van der Waals surface area contributed by atoms with Crippen molar-refractivity contribution in [1.82, 2.24) is 5.32 Å². The summed E-state index contributed by atoms with van der Waals surface area (Å²) in [4.78, 5) is 34.9. The number of ketones is 1. The molecular weight excluding hydrogens is 353 g/mol. The third kappa shape index (κ3) is 6.54. The molecule has 0 spiro atoms. The summed E-state index contributed by atoms with van der Waals surface area (Å²) in [7, 11) is 0. The number of carbonyl (C=O) groups is 3. The third-order valence-electron chi connectivity index (χ3n) is 3.62. The summed E-state index contributed by atoms with van der Waals surface area (Å²) in [5, 5.41) is 2.66. The topological polar surface area (TPSA) is 81.7 Å². The Morgan fingerprint density at radius 3 is 2.26 bits per heavy atom. The van der Waals surface area contributed by atoms with E-state index in [9.17, 15) is 18.8 Å². The summed E-state index contributed by atoms with van der Waals surface area (Å²) in [5.41, 5.74) is 1.24. The molecule has 142 valence electrons. The van der Waals surface area contributed by atoms with Gasteiger partial charge in [0.2, 0.25) is 5.91 Å². The number of ether oxygens (including phenoxy) is 2. The van der Waals surface area contributed by atoms with E-state index in [2.05, 4.69) is 5.32 Å².